The molecule has 0 saturated heterocycles. The van der Waals surface area contributed by atoms with Crippen molar-refractivity contribution in [2.45, 2.75) is 76.0 Å². The number of nitrogens with one attached hydrogen (secondary N) is 1. The SMILES string of the molecule is CCOC1CC(NC(=O)C2(N)CC2)C12CCCCC2.Cl. The molecule has 5 heteroatoms. The van der Waals surface area contributed by atoms with Gasteiger partial charge in [0.05, 0.1) is 11.6 Å². The van der Waals surface area contributed by atoms with E-state index < -0.39 is 5.54 Å². The van der Waals surface area contributed by atoms with Crippen LogP contribution in [0.15, 0.2) is 0 Å². The number of rotatable bonds is 4. The van der Waals surface area contributed by atoms with Crippen LogP contribution in [0.2, 0.25) is 0 Å². The van der Waals surface area contributed by atoms with Crippen molar-refractivity contribution in [3.05, 3.63) is 0 Å². The van der Waals surface area contributed by atoms with E-state index in [4.69, 9.17) is 10.5 Å². The second-order valence-electron chi connectivity index (χ2n) is 6.66. The van der Waals surface area contributed by atoms with Crippen LogP contribution in [-0.2, 0) is 9.53 Å². The molecule has 0 aromatic carbocycles. The van der Waals surface area contributed by atoms with Gasteiger partial charge in [-0.3, -0.25) is 4.79 Å². The van der Waals surface area contributed by atoms with Crippen LogP contribution in [0.5, 0.6) is 0 Å². The molecule has 0 aromatic rings. The number of nitrogens with two attached hydrogens (primary N) is 1. The molecule has 1 amide bonds. The molecule has 0 heterocycles. The van der Waals surface area contributed by atoms with Gasteiger partial charge in [0.25, 0.3) is 0 Å². The summed E-state index contributed by atoms with van der Waals surface area (Å²) in [6.45, 7) is 2.83. The Morgan fingerprint density at radius 2 is 1.90 bits per heavy atom. The van der Waals surface area contributed by atoms with Gasteiger partial charge in [0.15, 0.2) is 0 Å². The number of carbonyl (C=O) groups excluding carboxylic acids is 1. The van der Waals surface area contributed by atoms with Gasteiger partial charge in [-0.05, 0) is 39.0 Å². The van der Waals surface area contributed by atoms with Gasteiger partial charge >= 0.3 is 0 Å². The first kappa shape index (κ1) is 16.1. The molecule has 3 N–H and O–H groups in total. The third-order valence-electron chi connectivity index (χ3n) is 5.48. The number of ether oxygens (including phenoxy) is 1. The molecule has 20 heavy (non-hydrogen) atoms. The highest BCUT2D eigenvalue weighted by Crippen LogP contribution is 2.53. The molecule has 1 spiro atoms. The minimum absolute atomic E-state index is 0. The highest BCUT2D eigenvalue weighted by Gasteiger charge is 2.57. The van der Waals surface area contributed by atoms with E-state index in [0.717, 1.165) is 25.9 Å². The average Bonchev–Trinajstić information content (AvgIpc) is 3.18. The molecule has 0 bridgehead atoms. The Kier molecular flexibility index (Phi) is 4.67. The predicted octanol–water partition coefficient (Wildman–Crippen LogP) is 2.14. The molecule has 116 valence electrons. The van der Waals surface area contributed by atoms with Crippen molar-refractivity contribution in [1.82, 2.24) is 5.32 Å². The first-order chi connectivity index (χ1) is 9.11. The van der Waals surface area contributed by atoms with Crippen molar-refractivity contribution in [1.29, 1.82) is 0 Å². The van der Waals surface area contributed by atoms with E-state index >= 15 is 0 Å². The summed E-state index contributed by atoms with van der Waals surface area (Å²) in [7, 11) is 0. The van der Waals surface area contributed by atoms with E-state index in [-0.39, 0.29) is 29.8 Å². The third-order valence-corrected chi connectivity index (χ3v) is 5.48. The molecule has 3 aliphatic rings. The van der Waals surface area contributed by atoms with Crippen molar-refractivity contribution in [3.63, 3.8) is 0 Å². The van der Waals surface area contributed by atoms with Crippen molar-refractivity contribution in [2.24, 2.45) is 11.1 Å². The topological polar surface area (TPSA) is 64.3 Å². The fourth-order valence-electron chi connectivity index (χ4n) is 3.93. The fraction of sp³-hybridized carbons (Fsp3) is 0.933. The Labute approximate surface area is 127 Å². The van der Waals surface area contributed by atoms with Crippen LogP contribution in [0.1, 0.15) is 58.3 Å². The number of hydrogen-bond acceptors (Lipinski definition) is 3. The fourth-order valence-corrected chi connectivity index (χ4v) is 3.93. The van der Waals surface area contributed by atoms with E-state index in [1.165, 1.54) is 32.1 Å². The van der Waals surface area contributed by atoms with Crippen LogP contribution in [0.4, 0.5) is 0 Å². The summed E-state index contributed by atoms with van der Waals surface area (Å²) in [5, 5.41) is 3.22. The maximum Gasteiger partial charge on any atom is 0.240 e. The van der Waals surface area contributed by atoms with Gasteiger partial charge in [0.2, 0.25) is 5.91 Å². The summed E-state index contributed by atoms with van der Waals surface area (Å²) in [5.74, 6) is 0.0670. The summed E-state index contributed by atoms with van der Waals surface area (Å²) in [5.41, 5.74) is 5.64. The van der Waals surface area contributed by atoms with Crippen LogP contribution in [0, 0.1) is 5.41 Å². The number of hydrogen-bond donors (Lipinski definition) is 2. The second-order valence-corrected chi connectivity index (χ2v) is 6.66. The Bertz CT molecular complexity index is 365. The molecule has 3 aliphatic carbocycles. The van der Waals surface area contributed by atoms with E-state index in [1.807, 2.05) is 0 Å². The lowest BCUT2D eigenvalue weighted by atomic mass is 9.55. The number of amides is 1. The zero-order valence-electron chi connectivity index (χ0n) is 12.3. The first-order valence-electron chi connectivity index (χ1n) is 7.82. The standard InChI is InChI=1S/C15H26N2O2.ClH/c1-2-19-12-10-11(14(12)6-4-3-5-7-14)17-13(18)15(16)8-9-15;/h11-12H,2-10,16H2,1H3,(H,17,18);1H. The quantitative estimate of drug-likeness (QED) is 0.836. The molecular weight excluding hydrogens is 276 g/mol. The molecule has 2 unspecified atom stereocenters. The maximum absolute atomic E-state index is 12.1. The molecular formula is C15H27ClN2O2. The van der Waals surface area contributed by atoms with Gasteiger partial charge in [-0.2, -0.15) is 0 Å². The molecule has 3 rings (SSSR count). The predicted molar refractivity (Wildman–Crippen MR) is 80.9 cm³/mol. The molecule has 4 nitrogen and oxygen atoms in total. The van der Waals surface area contributed by atoms with Crippen molar-refractivity contribution >= 4 is 18.3 Å². The van der Waals surface area contributed by atoms with E-state index in [0.29, 0.717) is 6.10 Å². The highest BCUT2D eigenvalue weighted by atomic mass is 35.5. The zero-order valence-corrected chi connectivity index (χ0v) is 13.1. The summed E-state index contributed by atoms with van der Waals surface area (Å²) in [4.78, 5) is 12.1. The first-order valence-corrected chi connectivity index (χ1v) is 7.82. The molecule has 2 atom stereocenters. The normalized spacial score (nSPS) is 32.9. The van der Waals surface area contributed by atoms with Crippen LogP contribution >= 0.6 is 12.4 Å². The monoisotopic (exact) mass is 302 g/mol. The van der Waals surface area contributed by atoms with E-state index in [2.05, 4.69) is 12.2 Å². The van der Waals surface area contributed by atoms with Gasteiger partial charge in [-0.1, -0.05) is 19.3 Å². The van der Waals surface area contributed by atoms with E-state index in [9.17, 15) is 4.79 Å². The lowest BCUT2D eigenvalue weighted by Crippen LogP contribution is -2.67. The molecule has 0 aromatic heterocycles. The second kappa shape index (κ2) is 5.82. The summed E-state index contributed by atoms with van der Waals surface area (Å²) in [6, 6.07) is 0.290. The lowest BCUT2D eigenvalue weighted by Gasteiger charge is -2.57. The van der Waals surface area contributed by atoms with Gasteiger partial charge in [0.1, 0.15) is 0 Å². The summed E-state index contributed by atoms with van der Waals surface area (Å²) >= 11 is 0. The van der Waals surface area contributed by atoms with E-state index in [1.54, 1.807) is 0 Å². The lowest BCUT2D eigenvalue weighted by molar-refractivity contribution is -0.157. The Morgan fingerprint density at radius 1 is 1.25 bits per heavy atom. The zero-order chi connectivity index (χ0) is 13.5. The smallest absolute Gasteiger partial charge is 0.240 e. The summed E-state index contributed by atoms with van der Waals surface area (Å²) in [6.07, 6.45) is 9.24. The van der Waals surface area contributed by atoms with Crippen molar-refractivity contribution < 1.29 is 9.53 Å². The number of carbonyl (C=O) groups is 1. The largest absolute Gasteiger partial charge is 0.378 e. The van der Waals surface area contributed by atoms with Crippen LogP contribution in [-0.4, -0.2) is 30.2 Å². The van der Waals surface area contributed by atoms with Crippen LogP contribution in [0.3, 0.4) is 0 Å². The molecule has 3 saturated carbocycles. The van der Waals surface area contributed by atoms with Crippen LogP contribution in [0.25, 0.3) is 0 Å². The Morgan fingerprint density at radius 3 is 2.45 bits per heavy atom. The number of halogens is 1. The van der Waals surface area contributed by atoms with Gasteiger partial charge in [0, 0.05) is 18.1 Å². The van der Waals surface area contributed by atoms with Gasteiger partial charge in [-0.15, -0.1) is 12.4 Å². The van der Waals surface area contributed by atoms with Crippen LogP contribution < -0.4 is 11.1 Å². The van der Waals surface area contributed by atoms with Gasteiger partial charge in [-0.25, -0.2) is 0 Å². The minimum atomic E-state index is -0.549. The Hall–Kier alpha value is -0.320. The Balaban J connectivity index is 0.00000147. The maximum atomic E-state index is 12.1. The van der Waals surface area contributed by atoms with Gasteiger partial charge < -0.3 is 15.8 Å². The van der Waals surface area contributed by atoms with Crippen molar-refractivity contribution in [3.8, 4) is 0 Å². The highest BCUT2D eigenvalue weighted by molar-refractivity contribution is 5.89. The summed E-state index contributed by atoms with van der Waals surface area (Å²) < 4.78 is 5.90. The van der Waals surface area contributed by atoms with Crippen molar-refractivity contribution in [2.75, 3.05) is 6.61 Å². The molecule has 0 aliphatic heterocycles. The average molecular weight is 303 g/mol. The minimum Gasteiger partial charge on any atom is -0.378 e. The molecule has 0 radical (unpaired) electrons. The molecule has 3 fully saturated rings. The third kappa shape index (κ3) is 2.58.